The van der Waals surface area contributed by atoms with E-state index in [1.165, 1.54) is 25.7 Å². The molecular formula is C16H29N. The zero-order valence-electron chi connectivity index (χ0n) is 12.5. The molecule has 0 radical (unpaired) electrons. The Bertz CT molecular complexity index is 282. The Morgan fingerprint density at radius 3 is 1.82 bits per heavy atom. The highest BCUT2D eigenvalue weighted by atomic mass is 15.2. The molecule has 0 unspecified atom stereocenters. The summed E-state index contributed by atoms with van der Waals surface area (Å²) in [5, 5.41) is 0. The normalized spacial score (nSPS) is 26.9. The first-order valence-corrected chi connectivity index (χ1v) is 6.89. The minimum Gasteiger partial charge on any atom is -0.288 e. The van der Waals surface area contributed by atoms with Crippen LogP contribution < -0.4 is 0 Å². The van der Waals surface area contributed by atoms with Crippen molar-refractivity contribution in [3.63, 3.8) is 0 Å². The van der Waals surface area contributed by atoms with Crippen molar-refractivity contribution in [2.75, 3.05) is 7.05 Å². The predicted octanol–water partition coefficient (Wildman–Crippen LogP) is 3.93. The first kappa shape index (κ1) is 14.6. The van der Waals surface area contributed by atoms with Gasteiger partial charge in [0.2, 0.25) is 0 Å². The van der Waals surface area contributed by atoms with E-state index < -0.39 is 0 Å². The molecule has 0 heterocycles. The molecule has 1 fully saturated rings. The van der Waals surface area contributed by atoms with Crippen LogP contribution in [0.5, 0.6) is 0 Å². The van der Waals surface area contributed by atoms with Crippen LogP contribution in [-0.4, -0.2) is 23.5 Å². The second-order valence-electron chi connectivity index (χ2n) is 7.19. The zero-order valence-corrected chi connectivity index (χ0v) is 12.5. The molecule has 1 nitrogen and oxygen atoms in total. The molecule has 98 valence electrons. The van der Waals surface area contributed by atoms with E-state index in [2.05, 4.69) is 52.5 Å². The van der Waals surface area contributed by atoms with E-state index in [1.54, 1.807) is 0 Å². The Morgan fingerprint density at radius 1 is 1.00 bits per heavy atom. The lowest BCUT2D eigenvalue weighted by Gasteiger charge is -2.44. The molecule has 0 amide bonds. The number of hydrogen-bond acceptors (Lipinski definition) is 1. The summed E-state index contributed by atoms with van der Waals surface area (Å²) < 4.78 is 0. The Hall–Kier alpha value is -0.480. The summed E-state index contributed by atoms with van der Waals surface area (Å²) in [4.78, 5) is 2.39. The highest BCUT2D eigenvalue weighted by Gasteiger charge is 2.34. The molecule has 0 spiro atoms. The van der Waals surface area contributed by atoms with Crippen molar-refractivity contribution < 1.29 is 0 Å². The first-order valence-electron chi connectivity index (χ1n) is 6.89. The highest BCUT2D eigenvalue weighted by molar-refractivity contribution is 5.09. The van der Waals surface area contributed by atoms with Crippen LogP contribution in [0.2, 0.25) is 0 Å². The lowest BCUT2D eigenvalue weighted by Crippen LogP contribution is -2.48. The smallest absolute Gasteiger partial charge is 0.0766 e. The fraction of sp³-hybridized carbons (Fsp3) is 0.875. The van der Waals surface area contributed by atoms with Gasteiger partial charge in [0, 0.05) is 6.04 Å². The van der Waals surface area contributed by atoms with Crippen LogP contribution >= 0.6 is 0 Å². The molecule has 0 saturated heterocycles. The summed E-state index contributed by atoms with van der Waals surface area (Å²) in [5.74, 6) is 3.78. The van der Waals surface area contributed by atoms with Gasteiger partial charge in [-0.3, -0.25) is 4.90 Å². The molecule has 0 aromatic heterocycles. The molecule has 1 saturated carbocycles. The van der Waals surface area contributed by atoms with Crippen LogP contribution in [0.3, 0.4) is 0 Å². The molecular weight excluding hydrogens is 206 g/mol. The van der Waals surface area contributed by atoms with Gasteiger partial charge < -0.3 is 0 Å². The van der Waals surface area contributed by atoms with E-state index >= 15 is 0 Å². The average Bonchev–Trinajstić information content (AvgIpc) is 2.27. The highest BCUT2D eigenvalue weighted by Crippen LogP contribution is 2.39. The number of hydrogen-bond donors (Lipinski definition) is 0. The SMILES string of the molecule is C#CC(C)(C)N(C)C1CCC(C(C)(C)C)CC1. The van der Waals surface area contributed by atoms with Gasteiger partial charge in [0.25, 0.3) is 0 Å². The first-order chi connectivity index (χ1) is 7.68. The van der Waals surface area contributed by atoms with Crippen LogP contribution in [-0.2, 0) is 0 Å². The van der Waals surface area contributed by atoms with Crippen molar-refractivity contribution in [3.05, 3.63) is 0 Å². The molecule has 1 aliphatic carbocycles. The van der Waals surface area contributed by atoms with E-state index in [1.807, 2.05) is 0 Å². The van der Waals surface area contributed by atoms with E-state index in [0.717, 1.165) is 5.92 Å². The van der Waals surface area contributed by atoms with Gasteiger partial charge >= 0.3 is 0 Å². The number of nitrogens with zero attached hydrogens (tertiary/aromatic N) is 1. The van der Waals surface area contributed by atoms with Crippen molar-refractivity contribution in [1.29, 1.82) is 0 Å². The third-order valence-corrected chi connectivity index (χ3v) is 4.70. The van der Waals surface area contributed by atoms with Crippen molar-refractivity contribution in [2.24, 2.45) is 11.3 Å². The molecule has 17 heavy (non-hydrogen) atoms. The maximum Gasteiger partial charge on any atom is 0.0766 e. The van der Waals surface area contributed by atoms with Crippen molar-refractivity contribution >= 4 is 0 Å². The van der Waals surface area contributed by atoms with E-state index in [-0.39, 0.29) is 5.54 Å². The molecule has 0 aliphatic heterocycles. The molecule has 1 aliphatic rings. The minimum absolute atomic E-state index is 0.112. The monoisotopic (exact) mass is 235 g/mol. The van der Waals surface area contributed by atoms with Crippen LogP contribution in [0.25, 0.3) is 0 Å². The van der Waals surface area contributed by atoms with E-state index in [9.17, 15) is 0 Å². The quantitative estimate of drug-likeness (QED) is 0.655. The topological polar surface area (TPSA) is 3.24 Å². The standard InChI is InChI=1S/C16H29N/c1-8-16(5,6)17(7)14-11-9-13(10-12-14)15(2,3)4/h1,13-14H,9-12H2,2-7H3. The van der Waals surface area contributed by atoms with E-state index in [0.29, 0.717) is 11.5 Å². The Labute approximate surface area is 108 Å². The predicted molar refractivity (Wildman–Crippen MR) is 75.9 cm³/mol. The minimum atomic E-state index is -0.112. The molecule has 0 N–H and O–H groups in total. The largest absolute Gasteiger partial charge is 0.288 e. The summed E-state index contributed by atoms with van der Waals surface area (Å²) >= 11 is 0. The molecule has 0 aromatic rings. The lowest BCUT2D eigenvalue weighted by atomic mass is 9.71. The summed E-state index contributed by atoms with van der Waals surface area (Å²) in [6.45, 7) is 11.4. The maximum atomic E-state index is 5.62. The van der Waals surface area contributed by atoms with Crippen LogP contribution in [0.4, 0.5) is 0 Å². The van der Waals surface area contributed by atoms with Gasteiger partial charge in [0.05, 0.1) is 5.54 Å². The Morgan fingerprint density at radius 2 is 1.47 bits per heavy atom. The van der Waals surface area contributed by atoms with Gasteiger partial charge in [-0.15, -0.1) is 6.42 Å². The maximum absolute atomic E-state index is 5.62. The van der Waals surface area contributed by atoms with Crippen molar-refractivity contribution in [2.45, 2.75) is 71.9 Å². The lowest BCUT2D eigenvalue weighted by molar-refractivity contribution is 0.0739. The van der Waals surface area contributed by atoms with Gasteiger partial charge in [-0.25, -0.2) is 0 Å². The molecule has 0 aromatic carbocycles. The zero-order chi connectivity index (χ0) is 13.3. The summed E-state index contributed by atoms with van der Waals surface area (Å²) in [6.07, 6.45) is 10.9. The summed E-state index contributed by atoms with van der Waals surface area (Å²) in [5.41, 5.74) is 0.352. The summed E-state index contributed by atoms with van der Waals surface area (Å²) in [7, 11) is 2.18. The summed E-state index contributed by atoms with van der Waals surface area (Å²) in [6, 6.07) is 0.666. The van der Waals surface area contributed by atoms with Crippen molar-refractivity contribution in [1.82, 2.24) is 4.90 Å². The van der Waals surface area contributed by atoms with Crippen LogP contribution in [0.15, 0.2) is 0 Å². The molecule has 1 rings (SSSR count). The molecule has 0 bridgehead atoms. The van der Waals surface area contributed by atoms with Gasteiger partial charge in [0.15, 0.2) is 0 Å². The van der Waals surface area contributed by atoms with E-state index in [4.69, 9.17) is 6.42 Å². The number of rotatable bonds is 2. The molecule has 0 atom stereocenters. The van der Waals surface area contributed by atoms with Gasteiger partial charge in [-0.1, -0.05) is 26.7 Å². The second kappa shape index (κ2) is 5.02. The van der Waals surface area contributed by atoms with Crippen LogP contribution in [0.1, 0.15) is 60.3 Å². The van der Waals surface area contributed by atoms with Gasteiger partial charge in [-0.2, -0.15) is 0 Å². The molecule has 1 heteroatoms. The third kappa shape index (κ3) is 3.49. The van der Waals surface area contributed by atoms with Crippen molar-refractivity contribution in [3.8, 4) is 12.3 Å². The second-order valence-corrected chi connectivity index (χ2v) is 7.19. The average molecular weight is 235 g/mol. The van der Waals surface area contributed by atoms with Gasteiger partial charge in [-0.05, 0) is 57.9 Å². The Balaban J connectivity index is 2.56. The fourth-order valence-electron chi connectivity index (χ4n) is 2.89. The van der Waals surface area contributed by atoms with Crippen LogP contribution in [0, 0.1) is 23.7 Å². The fourth-order valence-corrected chi connectivity index (χ4v) is 2.89. The van der Waals surface area contributed by atoms with Gasteiger partial charge in [0.1, 0.15) is 0 Å². The Kier molecular flexibility index (Phi) is 4.31. The number of terminal acetylenes is 1. The third-order valence-electron chi connectivity index (χ3n) is 4.70.